The van der Waals surface area contributed by atoms with Crippen molar-refractivity contribution < 1.29 is 4.42 Å². The molecule has 7 aromatic carbocycles. The van der Waals surface area contributed by atoms with Gasteiger partial charge in [-0.3, -0.25) is 0 Å². The van der Waals surface area contributed by atoms with E-state index in [0.29, 0.717) is 12.4 Å². The van der Waals surface area contributed by atoms with Gasteiger partial charge >= 0.3 is 0 Å². The lowest BCUT2D eigenvalue weighted by atomic mass is 9.99. The van der Waals surface area contributed by atoms with Crippen LogP contribution < -0.4 is 4.90 Å². The number of allylic oxidation sites excluding steroid dienone is 4. The standard InChI is InChI=1S/C53H36N4O/c1-35-16-6-5-15-33-56(39-27-25-38(26-28-39)53-54-44(36-17-7-2-8-18-36)34-45(55-53)37-19-9-3-10-20-37)47-31-29-41-42-30-32-48-50(52(42)58-51(41)49(35)47)43-23-13-14-24-46(43)57(48)40-21-11-4-12-22-40/h2-32,34H,1,33H2/b15-5-,16-6-. The predicted octanol–water partition coefficient (Wildman–Crippen LogP) is 13.8. The van der Waals surface area contributed by atoms with Gasteiger partial charge in [-0.15, -0.1) is 0 Å². The highest BCUT2D eigenvalue weighted by molar-refractivity contribution is 6.25. The fourth-order valence-corrected chi connectivity index (χ4v) is 8.45. The fourth-order valence-electron chi connectivity index (χ4n) is 8.45. The highest BCUT2D eigenvalue weighted by Crippen LogP contribution is 2.45. The number of nitrogens with zero attached hydrogens (tertiary/aromatic N) is 4. The van der Waals surface area contributed by atoms with E-state index in [0.717, 1.165) is 100 Å². The van der Waals surface area contributed by atoms with Gasteiger partial charge in [0.25, 0.3) is 0 Å². The molecule has 0 spiro atoms. The lowest BCUT2D eigenvalue weighted by molar-refractivity contribution is 0.671. The van der Waals surface area contributed by atoms with Crippen molar-refractivity contribution in [2.24, 2.45) is 0 Å². The number of furan rings is 1. The van der Waals surface area contributed by atoms with Crippen LogP contribution >= 0.6 is 0 Å². The molecule has 3 aromatic heterocycles. The van der Waals surface area contributed by atoms with E-state index in [-0.39, 0.29) is 0 Å². The second kappa shape index (κ2) is 13.8. The van der Waals surface area contributed by atoms with Gasteiger partial charge in [-0.1, -0.05) is 128 Å². The number of aromatic nitrogens is 3. The maximum absolute atomic E-state index is 7.11. The molecule has 274 valence electrons. The fraction of sp³-hybridized carbons (Fsp3) is 0.0189. The second-order valence-electron chi connectivity index (χ2n) is 14.6. The first-order chi connectivity index (χ1) is 28.7. The summed E-state index contributed by atoms with van der Waals surface area (Å²) in [5.74, 6) is 0.679. The highest BCUT2D eigenvalue weighted by atomic mass is 16.3. The van der Waals surface area contributed by atoms with Crippen molar-refractivity contribution in [1.29, 1.82) is 0 Å². The van der Waals surface area contributed by atoms with Gasteiger partial charge in [0.2, 0.25) is 0 Å². The molecule has 0 aliphatic carbocycles. The van der Waals surface area contributed by atoms with Gasteiger partial charge in [0.1, 0.15) is 11.2 Å². The number of fused-ring (bicyclic) bond motifs is 9. The summed E-state index contributed by atoms with van der Waals surface area (Å²) in [6.07, 6.45) is 8.40. The Morgan fingerprint density at radius 2 is 1.16 bits per heavy atom. The van der Waals surface area contributed by atoms with Crippen LogP contribution in [0.4, 0.5) is 11.4 Å². The Bertz CT molecular complexity index is 3190. The molecule has 11 rings (SSSR count). The van der Waals surface area contributed by atoms with Crippen molar-refractivity contribution in [2.45, 2.75) is 0 Å². The van der Waals surface area contributed by atoms with Crippen molar-refractivity contribution in [3.63, 3.8) is 0 Å². The van der Waals surface area contributed by atoms with Crippen LogP contribution in [0.2, 0.25) is 0 Å². The molecule has 10 aromatic rings. The Balaban J connectivity index is 1.05. The third kappa shape index (κ3) is 5.55. The maximum Gasteiger partial charge on any atom is 0.160 e. The minimum atomic E-state index is 0.655. The summed E-state index contributed by atoms with van der Waals surface area (Å²) in [6, 6.07) is 59.2. The van der Waals surface area contributed by atoms with E-state index >= 15 is 0 Å². The van der Waals surface area contributed by atoms with Gasteiger partial charge in [-0.2, -0.15) is 0 Å². The number of rotatable bonds is 5. The Morgan fingerprint density at radius 3 is 1.88 bits per heavy atom. The van der Waals surface area contributed by atoms with Gasteiger partial charge in [-0.05, 0) is 78.4 Å². The van der Waals surface area contributed by atoms with E-state index in [9.17, 15) is 0 Å². The van der Waals surface area contributed by atoms with Crippen molar-refractivity contribution in [1.82, 2.24) is 14.5 Å². The maximum atomic E-state index is 7.11. The van der Waals surface area contributed by atoms with Crippen LogP contribution in [0.15, 0.2) is 205 Å². The molecule has 0 bridgehead atoms. The number of benzene rings is 7. The molecule has 1 aliphatic heterocycles. The first kappa shape index (κ1) is 33.6. The number of para-hydroxylation sites is 2. The van der Waals surface area contributed by atoms with Crippen LogP contribution in [-0.2, 0) is 0 Å². The summed E-state index contributed by atoms with van der Waals surface area (Å²) in [7, 11) is 0. The molecule has 1 aliphatic rings. The zero-order valence-electron chi connectivity index (χ0n) is 31.6. The number of hydrogen-bond acceptors (Lipinski definition) is 4. The van der Waals surface area contributed by atoms with Gasteiger partial charge < -0.3 is 13.9 Å². The molecule has 0 saturated heterocycles. The minimum Gasteiger partial charge on any atom is -0.455 e. The van der Waals surface area contributed by atoms with Crippen molar-refractivity contribution >= 4 is 60.7 Å². The molecule has 0 amide bonds. The highest BCUT2D eigenvalue weighted by Gasteiger charge is 2.24. The smallest absolute Gasteiger partial charge is 0.160 e. The summed E-state index contributed by atoms with van der Waals surface area (Å²) in [6.45, 7) is 5.25. The van der Waals surface area contributed by atoms with E-state index in [1.807, 2.05) is 36.4 Å². The van der Waals surface area contributed by atoms with Crippen LogP contribution in [0.1, 0.15) is 5.56 Å². The van der Waals surface area contributed by atoms with E-state index < -0.39 is 0 Å². The molecule has 58 heavy (non-hydrogen) atoms. The Labute approximate surface area is 335 Å². The third-order valence-electron chi connectivity index (χ3n) is 11.2. The van der Waals surface area contributed by atoms with Gasteiger partial charge in [0, 0.05) is 56.3 Å². The zero-order valence-corrected chi connectivity index (χ0v) is 31.6. The van der Waals surface area contributed by atoms with Crippen LogP contribution in [0.3, 0.4) is 0 Å². The monoisotopic (exact) mass is 744 g/mol. The third-order valence-corrected chi connectivity index (χ3v) is 11.2. The van der Waals surface area contributed by atoms with Gasteiger partial charge in [0.05, 0.1) is 33.5 Å². The van der Waals surface area contributed by atoms with Crippen LogP contribution in [0.5, 0.6) is 0 Å². The summed E-state index contributed by atoms with van der Waals surface area (Å²) < 4.78 is 9.44. The van der Waals surface area contributed by atoms with Crippen LogP contribution in [0, 0.1) is 0 Å². The second-order valence-corrected chi connectivity index (χ2v) is 14.6. The normalized spacial score (nSPS) is 14.1. The zero-order chi connectivity index (χ0) is 38.6. The predicted molar refractivity (Wildman–Crippen MR) is 241 cm³/mol. The van der Waals surface area contributed by atoms with E-state index in [2.05, 4.69) is 174 Å². The summed E-state index contributed by atoms with van der Waals surface area (Å²) >= 11 is 0. The lowest BCUT2D eigenvalue weighted by Crippen LogP contribution is -2.18. The van der Waals surface area contributed by atoms with Crippen molar-refractivity contribution in [3.8, 4) is 39.6 Å². The first-order valence-electron chi connectivity index (χ1n) is 19.6. The van der Waals surface area contributed by atoms with Crippen LogP contribution in [0.25, 0.3) is 88.9 Å². The Morgan fingerprint density at radius 1 is 0.517 bits per heavy atom. The molecule has 0 radical (unpaired) electrons. The average molecular weight is 745 g/mol. The van der Waals surface area contributed by atoms with Gasteiger partial charge in [-0.25, -0.2) is 9.97 Å². The molecule has 0 atom stereocenters. The van der Waals surface area contributed by atoms with Crippen molar-refractivity contribution in [3.05, 3.63) is 206 Å². The summed E-state index contributed by atoms with van der Waals surface area (Å²) in [5, 5.41) is 4.41. The molecule has 0 saturated carbocycles. The lowest BCUT2D eigenvalue weighted by Gasteiger charge is -2.26. The topological polar surface area (TPSA) is 47.1 Å². The SMILES string of the molecule is C=C1/C=C\C=C/CN(c2ccc(-c3nc(-c4ccccc4)cc(-c4ccccc4)n3)cc2)c2ccc3c(oc4c3ccc3c4c4ccccc4n3-c3ccccc3)c21. The molecule has 5 nitrogen and oxygen atoms in total. The van der Waals surface area contributed by atoms with E-state index in [4.69, 9.17) is 14.4 Å². The molecule has 0 N–H and O–H groups in total. The number of hydrogen-bond donors (Lipinski definition) is 0. The quantitative estimate of drug-likeness (QED) is 0.176. The molecule has 0 fully saturated rings. The molecular weight excluding hydrogens is 709 g/mol. The Hall–Kier alpha value is -7.76. The molecule has 5 heteroatoms. The number of anilines is 2. The van der Waals surface area contributed by atoms with Crippen LogP contribution in [-0.4, -0.2) is 21.1 Å². The molecular formula is C53H36N4O. The molecule has 0 unspecified atom stereocenters. The largest absolute Gasteiger partial charge is 0.455 e. The summed E-state index contributed by atoms with van der Waals surface area (Å²) in [5.41, 5.74) is 13.8. The van der Waals surface area contributed by atoms with E-state index in [1.165, 1.54) is 0 Å². The molecule has 4 heterocycles. The first-order valence-corrected chi connectivity index (χ1v) is 19.6. The average Bonchev–Trinajstić information content (AvgIpc) is 3.86. The van der Waals surface area contributed by atoms with Gasteiger partial charge in [0.15, 0.2) is 5.82 Å². The summed E-state index contributed by atoms with van der Waals surface area (Å²) in [4.78, 5) is 12.5. The minimum absolute atomic E-state index is 0.655. The Kier molecular flexibility index (Phi) is 7.97. The van der Waals surface area contributed by atoms with Crippen molar-refractivity contribution in [2.75, 3.05) is 11.4 Å². The van der Waals surface area contributed by atoms with E-state index in [1.54, 1.807) is 0 Å².